The summed E-state index contributed by atoms with van der Waals surface area (Å²) >= 11 is 0. The average Bonchev–Trinajstić information content (AvgIpc) is 2.94. The minimum atomic E-state index is -0.500. The van der Waals surface area contributed by atoms with Crippen LogP contribution in [0.2, 0.25) is 0 Å². The van der Waals surface area contributed by atoms with Gasteiger partial charge in [0.2, 0.25) is 0 Å². The lowest BCUT2D eigenvalue weighted by Crippen LogP contribution is -2.41. The van der Waals surface area contributed by atoms with Gasteiger partial charge in [0.25, 0.3) is 0 Å². The smallest absolute Gasteiger partial charge is 0.407 e. The van der Waals surface area contributed by atoms with Crippen molar-refractivity contribution in [3.63, 3.8) is 0 Å². The van der Waals surface area contributed by atoms with Crippen molar-refractivity contribution < 1.29 is 14.1 Å². The first kappa shape index (κ1) is 33.6. The number of aryl methyl sites for hydroxylation is 2. The number of unbranched alkanes of at least 4 members (excludes halogenated alkanes) is 12. The van der Waals surface area contributed by atoms with Gasteiger partial charge in [-0.15, -0.1) is 0 Å². The summed E-state index contributed by atoms with van der Waals surface area (Å²) in [6.07, 6.45) is 20.9. The van der Waals surface area contributed by atoms with Crippen LogP contribution in [0.25, 0.3) is 5.57 Å². The van der Waals surface area contributed by atoms with Crippen LogP contribution in [0.15, 0.2) is 55.2 Å². The number of nitrogens with zero attached hydrogens (tertiary/aromatic N) is 1. The number of rotatable bonds is 21. The number of hydrogen-bond acceptors (Lipinski definition) is 2. The lowest BCUT2D eigenvalue weighted by Gasteiger charge is -2.27. The normalized spacial score (nSPS) is 11.4. The standard InChI is InChI=1S/C36H56N2O2/c1-6-7-8-17-25-34-26-18-20-28-38(34)27-19-15-13-11-9-10-12-14-16-21-29-40-35(39)37-36(4,5)33-24-22-23-32(30-33)31(2)3/h18,20,22-24,26,28,30H,2,6-17,19,21,25,27,29H2,1,3-5H3/p+1. The highest BCUT2D eigenvalue weighted by Gasteiger charge is 2.24. The van der Waals surface area contributed by atoms with Crippen molar-refractivity contribution in [2.75, 3.05) is 6.61 Å². The van der Waals surface area contributed by atoms with Crippen LogP contribution in [-0.2, 0) is 23.2 Å². The lowest BCUT2D eigenvalue weighted by molar-refractivity contribution is -0.704. The third kappa shape index (κ3) is 13.6. The van der Waals surface area contributed by atoms with Gasteiger partial charge in [-0.3, -0.25) is 0 Å². The van der Waals surface area contributed by atoms with E-state index in [0.29, 0.717) is 6.61 Å². The summed E-state index contributed by atoms with van der Waals surface area (Å²) in [5.41, 5.74) is 4.14. The fraction of sp³-hybridized carbons (Fsp3) is 0.611. The quantitative estimate of drug-likeness (QED) is 0.124. The van der Waals surface area contributed by atoms with Crippen molar-refractivity contribution in [3.05, 3.63) is 72.1 Å². The Morgan fingerprint density at radius 3 is 2.17 bits per heavy atom. The van der Waals surface area contributed by atoms with Gasteiger partial charge in [0.1, 0.15) is 6.54 Å². The molecule has 0 saturated heterocycles. The molecule has 4 nitrogen and oxygen atoms in total. The molecule has 222 valence electrons. The summed E-state index contributed by atoms with van der Waals surface area (Å²) in [5, 5.41) is 3.01. The molecule has 40 heavy (non-hydrogen) atoms. The van der Waals surface area contributed by atoms with E-state index >= 15 is 0 Å². The molecule has 0 unspecified atom stereocenters. The second kappa shape index (κ2) is 19.5. The molecule has 4 heteroatoms. The molecule has 0 aliphatic rings. The number of aromatic nitrogens is 1. The Morgan fingerprint density at radius 2 is 1.50 bits per heavy atom. The molecule has 0 radical (unpaired) electrons. The molecule has 0 aliphatic heterocycles. The number of pyridine rings is 1. The maximum atomic E-state index is 12.3. The van der Waals surface area contributed by atoms with E-state index in [-0.39, 0.29) is 6.09 Å². The van der Waals surface area contributed by atoms with Gasteiger partial charge in [0, 0.05) is 25.0 Å². The van der Waals surface area contributed by atoms with Crippen LogP contribution in [0.3, 0.4) is 0 Å². The monoisotopic (exact) mass is 549 g/mol. The number of carbonyl (C=O) groups is 1. The highest BCUT2D eigenvalue weighted by atomic mass is 16.5. The van der Waals surface area contributed by atoms with Gasteiger partial charge in [-0.2, -0.15) is 0 Å². The SMILES string of the molecule is C=C(C)c1cccc(C(C)(C)NC(=O)OCCCCCCCCCCCC[n+]2ccccc2CCCCCC)c1. The van der Waals surface area contributed by atoms with Crippen molar-refractivity contribution >= 4 is 11.7 Å². The van der Waals surface area contributed by atoms with Gasteiger partial charge < -0.3 is 10.1 Å². The van der Waals surface area contributed by atoms with Crippen LogP contribution in [0.1, 0.15) is 134 Å². The summed E-state index contributed by atoms with van der Waals surface area (Å²) in [6, 6.07) is 14.8. The van der Waals surface area contributed by atoms with Crippen LogP contribution in [0.5, 0.6) is 0 Å². The average molecular weight is 550 g/mol. The van der Waals surface area contributed by atoms with Crippen LogP contribution in [0, 0.1) is 0 Å². The van der Waals surface area contributed by atoms with E-state index in [1.54, 1.807) is 0 Å². The van der Waals surface area contributed by atoms with Crippen molar-refractivity contribution in [1.82, 2.24) is 5.32 Å². The van der Waals surface area contributed by atoms with Gasteiger partial charge in [-0.25, -0.2) is 9.36 Å². The van der Waals surface area contributed by atoms with E-state index in [4.69, 9.17) is 4.74 Å². The van der Waals surface area contributed by atoms with Gasteiger partial charge in [-0.1, -0.05) is 108 Å². The predicted molar refractivity (Wildman–Crippen MR) is 169 cm³/mol. The topological polar surface area (TPSA) is 42.2 Å². The number of allylic oxidation sites excluding steroid dienone is 1. The molecule has 0 aliphatic carbocycles. The van der Waals surface area contributed by atoms with Crippen molar-refractivity contribution in [2.24, 2.45) is 0 Å². The molecule has 0 atom stereocenters. The predicted octanol–water partition coefficient (Wildman–Crippen LogP) is 9.69. The third-order valence-electron chi connectivity index (χ3n) is 7.84. The Labute approximate surface area is 245 Å². The first-order chi connectivity index (χ1) is 19.3. The molecule has 0 bridgehead atoms. The Hall–Kier alpha value is -2.62. The molecule has 2 rings (SSSR count). The third-order valence-corrected chi connectivity index (χ3v) is 7.84. The van der Waals surface area contributed by atoms with Crippen LogP contribution >= 0.6 is 0 Å². The van der Waals surface area contributed by atoms with Gasteiger partial charge in [0.15, 0.2) is 11.9 Å². The Balaban J connectivity index is 1.45. The molecule has 1 N–H and O–H groups in total. The van der Waals surface area contributed by atoms with E-state index in [1.165, 1.54) is 89.2 Å². The fourth-order valence-electron chi connectivity index (χ4n) is 5.19. The van der Waals surface area contributed by atoms with E-state index in [1.807, 2.05) is 39.0 Å². The minimum absolute atomic E-state index is 0.348. The molecule has 1 heterocycles. The second-order valence-corrected chi connectivity index (χ2v) is 12.0. The molecule has 1 aromatic carbocycles. The van der Waals surface area contributed by atoms with Gasteiger partial charge >= 0.3 is 6.09 Å². The highest BCUT2D eigenvalue weighted by molar-refractivity contribution is 5.69. The fourth-order valence-corrected chi connectivity index (χ4v) is 5.19. The first-order valence-corrected chi connectivity index (χ1v) is 16.0. The summed E-state index contributed by atoms with van der Waals surface area (Å²) in [6.45, 7) is 13.9. The van der Waals surface area contributed by atoms with Crippen LogP contribution in [0.4, 0.5) is 4.79 Å². The summed E-state index contributed by atoms with van der Waals surface area (Å²) in [5.74, 6) is 0. The van der Waals surface area contributed by atoms with Crippen LogP contribution < -0.4 is 9.88 Å². The van der Waals surface area contributed by atoms with Gasteiger partial charge in [-0.05, 0) is 57.2 Å². The number of hydrogen-bond donors (Lipinski definition) is 1. The number of nitrogens with one attached hydrogen (secondary N) is 1. The van der Waals surface area contributed by atoms with E-state index in [0.717, 1.165) is 36.1 Å². The summed E-state index contributed by atoms with van der Waals surface area (Å²) < 4.78 is 7.93. The molecule has 2 aromatic rings. The largest absolute Gasteiger partial charge is 0.450 e. The van der Waals surface area contributed by atoms with E-state index in [2.05, 4.69) is 53.8 Å². The van der Waals surface area contributed by atoms with Crippen molar-refractivity contribution in [1.29, 1.82) is 0 Å². The summed E-state index contributed by atoms with van der Waals surface area (Å²) in [7, 11) is 0. The zero-order chi connectivity index (χ0) is 29.1. The zero-order valence-electron chi connectivity index (χ0n) is 26.1. The number of alkyl carbamates (subject to hydrolysis) is 1. The first-order valence-electron chi connectivity index (χ1n) is 16.0. The van der Waals surface area contributed by atoms with Crippen LogP contribution in [-0.4, -0.2) is 12.7 Å². The lowest BCUT2D eigenvalue weighted by atomic mass is 9.92. The summed E-state index contributed by atoms with van der Waals surface area (Å²) in [4.78, 5) is 12.3. The molecular formula is C36H57N2O2+. The molecule has 0 fully saturated rings. The van der Waals surface area contributed by atoms with Crippen molar-refractivity contribution in [2.45, 2.75) is 136 Å². The number of ether oxygens (including phenoxy) is 1. The molecule has 1 amide bonds. The number of amides is 1. The second-order valence-electron chi connectivity index (χ2n) is 12.0. The number of benzene rings is 1. The Kier molecular flexibility index (Phi) is 16.3. The van der Waals surface area contributed by atoms with Crippen molar-refractivity contribution in [3.8, 4) is 0 Å². The number of carbonyl (C=O) groups excluding carboxylic acids is 1. The molecule has 0 saturated carbocycles. The highest BCUT2D eigenvalue weighted by Crippen LogP contribution is 2.23. The van der Waals surface area contributed by atoms with E-state index in [9.17, 15) is 4.79 Å². The Morgan fingerprint density at radius 1 is 0.850 bits per heavy atom. The van der Waals surface area contributed by atoms with Gasteiger partial charge in [0.05, 0.1) is 12.1 Å². The maximum Gasteiger partial charge on any atom is 0.407 e. The van der Waals surface area contributed by atoms with E-state index < -0.39 is 5.54 Å². The Bertz CT molecular complexity index is 998. The molecular weight excluding hydrogens is 492 g/mol. The molecule has 1 aromatic heterocycles. The minimum Gasteiger partial charge on any atom is -0.450 e. The maximum absolute atomic E-state index is 12.3. The molecule has 0 spiro atoms. The zero-order valence-corrected chi connectivity index (χ0v) is 26.1.